The number of fused-ring (bicyclic) bond motifs is 4. The van der Waals surface area contributed by atoms with Gasteiger partial charge in [-0.2, -0.15) is 0 Å². The smallest absolute Gasteiger partial charge is 0.387 e. The van der Waals surface area contributed by atoms with E-state index in [1.54, 1.807) is 6.07 Å². The molecule has 2 heterocycles. The van der Waals surface area contributed by atoms with Gasteiger partial charge in [-0.3, -0.25) is 9.59 Å². The molecule has 16 heteroatoms. The van der Waals surface area contributed by atoms with E-state index in [1.807, 2.05) is 6.92 Å². The van der Waals surface area contributed by atoms with Crippen LogP contribution in [0.2, 0.25) is 0 Å². The Labute approximate surface area is 369 Å². The number of rotatable bonds is 21. The van der Waals surface area contributed by atoms with Crippen molar-refractivity contribution in [3.05, 3.63) is 52.6 Å². The number of methoxy groups -OCH3 is 1. The minimum absolute atomic E-state index is 0.0108. The van der Waals surface area contributed by atoms with Crippen LogP contribution in [0.5, 0.6) is 28.7 Å². The van der Waals surface area contributed by atoms with Gasteiger partial charge in [-0.25, -0.2) is 14.4 Å². The van der Waals surface area contributed by atoms with Gasteiger partial charge in [0.1, 0.15) is 52.1 Å². The van der Waals surface area contributed by atoms with Crippen molar-refractivity contribution in [1.82, 2.24) is 0 Å². The Hall–Kier alpha value is -5.81. The second-order valence-electron chi connectivity index (χ2n) is 16.9. The van der Waals surface area contributed by atoms with Crippen LogP contribution in [-0.2, 0) is 36.7 Å². The van der Waals surface area contributed by atoms with E-state index in [0.717, 1.165) is 38.5 Å². The second-order valence-corrected chi connectivity index (χ2v) is 16.9. The summed E-state index contributed by atoms with van der Waals surface area (Å²) in [6, 6.07) is 7.05. The van der Waals surface area contributed by atoms with Gasteiger partial charge >= 0.3 is 23.7 Å². The van der Waals surface area contributed by atoms with Crippen LogP contribution in [0.25, 0.3) is 32.7 Å². The summed E-state index contributed by atoms with van der Waals surface area (Å²) < 4.78 is 22.3. The third-order valence-electron chi connectivity index (χ3n) is 12.0. The van der Waals surface area contributed by atoms with Crippen molar-refractivity contribution < 1.29 is 78.7 Å². The fourth-order valence-corrected chi connectivity index (χ4v) is 8.89. The van der Waals surface area contributed by atoms with E-state index in [4.69, 9.17) is 18.9 Å². The lowest BCUT2D eigenvalue weighted by Crippen LogP contribution is -2.32. The maximum atomic E-state index is 13.5. The van der Waals surface area contributed by atoms with Crippen LogP contribution < -0.4 is 9.47 Å². The van der Waals surface area contributed by atoms with Gasteiger partial charge in [-0.1, -0.05) is 52.4 Å². The molecule has 16 nitrogen and oxygen atoms in total. The van der Waals surface area contributed by atoms with E-state index in [2.05, 4.69) is 6.92 Å². The van der Waals surface area contributed by atoms with Crippen LogP contribution in [0, 0.1) is 0 Å². The highest BCUT2D eigenvalue weighted by molar-refractivity contribution is 6.56. The van der Waals surface area contributed by atoms with E-state index in [1.165, 1.54) is 31.4 Å². The highest BCUT2D eigenvalue weighted by Crippen LogP contribution is 2.52. The number of benzene rings is 4. The molecule has 0 amide bonds. The largest absolute Gasteiger partial charge is 0.506 e. The van der Waals surface area contributed by atoms with Crippen LogP contribution in [0.15, 0.2) is 30.3 Å². The molecular weight excluding hydrogens is 833 g/mol. The summed E-state index contributed by atoms with van der Waals surface area (Å²) in [5.41, 5.74) is -0.220. The van der Waals surface area contributed by atoms with E-state index < -0.39 is 83.3 Å². The van der Waals surface area contributed by atoms with Crippen molar-refractivity contribution in [3.8, 4) is 39.9 Å². The van der Waals surface area contributed by atoms with Crippen LogP contribution in [0.3, 0.4) is 0 Å². The zero-order valence-corrected chi connectivity index (χ0v) is 36.1. The van der Waals surface area contributed by atoms with E-state index in [-0.39, 0.29) is 94.5 Å². The van der Waals surface area contributed by atoms with Gasteiger partial charge in [0.2, 0.25) is 0 Å². The van der Waals surface area contributed by atoms with Gasteiger partial charge in [-0.05, 0) is 77.9 Å². The lowest BCUT2D eigenvalue weighted by molar-refractivity contribution is -0.148. The number of phenolic OH excluding ortho intramolecular Hbond substituents is 3. The third-order valence-corrected chi connectivity index (χ3v) is 12.0. The highest BCUT2D eigenvalue weighted by atomic mass is 16.6. The molecule has 0 aromatic heterocycles. The quantitative estimate of drug-likeness (QED) is 0.0130. The summed E-state index contributed by atoms with van der Waals surface area (Å²) in [5.74, 6) is -7.44. The number of aliphatic hydroxyl groups excluding tert-OH is 4. The standard InChI is InChI=1S/C48H56O16/c1-4-6-8-10-28(50)18-30(52)20-32-14-25-12-24-16-37(61-3)35(22-34(24)43(55)40(25)47(59)62-32)42-38(64-46(58)36(54)23-49)17-27-13-26-15-33(21-31(53)19-29(51)11-9-7-5-2)63-48(60)41(26)44(56)39(27)45(42)57/h12-13,16-17,22-23,28-33,50-53,55-57H,4-11,14-15,18-21H2,1-3H3. The first-order valence-electron chi connectivity index (χ1n) is 21.9. The number of carbonyl (C=O) groups is 5. The average Bonchev–Trinajstić information content (AvgIpc) is 3.22. The number of esters is 3. The molecule has 0 spiro atoms. The Kier molecular flexibility index (Phi) is 15.5. The van der Waals surface area contributed by atoms with Crippen molar-refractivity contribution in [2.45, 2.75) is 140 Å². The van der Waals surface area contributed by atoms with Crippen LogP contribution in [0.4, 0.5) is 0 Å². The van der Waals surface area contributed by atoms with Gasteiger partial charge in [-0.15, -0.1) is 0 Å². The summed E-state index contributed by atoms with van der Waals surface area (Å²) in [5, 5.41) is 77.7. The van der Waals surface area contributed by atoms with Crippen LogP contribution >= 0.6 is 0 Å². The molecule has 2 aliphatic heterocycles. The molecule has 7 N–H and O–H groups in total. The third kappa shape index (κ3) is 10.4. The minimum atomic E-state index is -1.61. The number of aldehydes is 1. The SMILES string of the molecule is CCCCCC(O)CC(O)CC1Cc2cc3cc(OC)c(-c4c(OC(=O)C(=O)C=O)cc5cc6c(c(O)c5c4O)C(=O)OC(CC(O)CC(O)CCCCC)C6)cc3c(O)c2C(=O)O1. The summed E-state index contributed by atoms with van der Waals surface area (Å²) >= 11 is 0. The number of Topliss-reactive ketones (excluding diaryl/α,β-unsaturated/α-hetero) is 1. The molecule has 4 aromatic rings. The first-order valence-corrected chi connectivity index (χ1v) is 21.9. The monoisotopic (exact) mass is 888 g/mol. The predicted octanol–water partition coefficient (Wildman–Crippen LogP) is 5.79. The Morgan fingerprint density at radius 2 is 1.19 bits per heavy atom. The Balaban J connectivity index is 1.38. The maximum Gasteiger partial charge on any atom is 0.387 e. The van der Waals surface area contributed by atoms with Crippen molar-refractivity contribution in [2.24, 2.45) is 0 Å². The Bertz CT molecular complexity index is 2420. The number of ketones is 1. The number of aromatic hydroxyl groups is 3. The van der Waals surface area contributed by atoms with Gasteiger partial charge in [0.25, 0.3) is 0 Å². The molecule has 4 aromatic carbocycles. The van der Waals surface area contributed by atoms with Crippen molar-refractivity contribution in [1.29, 1.82) is 0 Å². The number of aliphatic hydroxyl groups is 4. The number of unbranched alkanes of at least 4 members (excludes halogenated alkanes) is 4. The predicted molar refractivity (Wildman–Crippen MR) is 232 cm³/mol. The molecule has 0 saturated heterocycles. The number of phenols is 3. The van der Waals surface area contributed by atoms with Crippen LogP contribution in [-0.4, -0.2) is 109 Å². The lowest BCUT2D eigenvalue weighted by atomic mass is 9.87. The van der Waals surface area contributed by atoms with Crippen molar-refractivity contribution in [3.63, 3.8) is 0 Å². The molecule has 0 fully saturated rings. The van der Waals surface area contributed by atoms with Gasteiger partial charge < -0.3 is 54.7 Å². The van der Waals surface area contributed by atoms with Crippen molar-refractivity contribution >= 4 is 51.5 Å². The fourth-order valence-electron chi connectivity index (χ4n) is 8.89. The normalized spacial score (nSPS) is 17.7. The number of hydrogen-bond donors (Lipinski definition) is 7. The average molecular weight is 889 g/mol. The van der Waals surface area contributed by atoms with Crippen LogP contribution in [0.1, 0.15) is 123 Å². The summed E-state index contributed by atoms with van der Waals surface area (Å²) in [7, 11) is 1.29. The molecule has 6 atom stereocenters. The first-order chi connectivity index (χ1) is 30.6. The molecule has 2 aliphatic rings. The number of ether oxygens (including phenoxy) is 4. The maximum absolute atomic E-state index is 13.5. The fraction of sp³-hybridized carbons (Fsp3) is 0.479. The zero-order valence-electron chi connectivity index (χ0n) is 36.1. The number of hydrogen-bond acceptors (Lipinski definition) is 16. The van der Waals surface area contributed by atoms with Gasteiger partial charge in [0.05, 0.1) is 42.5 Å². The van der Waals surface area contributed by atoms with E-state index >= 15 is 0 Å². The molecule has 0 aliphatic carbocycles. The summed E-state index contributed by atoms with van der Waals surface area (Å²) in [6.45, 7) is 4.09. The molecule has 344 valence electrons. The molecule has 6 rings (SSSR count). The number of carbonyl (C=O) groups excluding carboxylic acids is 5. The molecule has 0 radical (unpaired) electrons. The molecular formula is C48H56O16. The Morgan fingerprint density at radius 3 is 1.70 bits per heavy atom. The second kappa shape index (κ2) is 20.8. The van der Waals surface area contributed by atoms with Gasteiger partial charge in [0.15, 0.2) is 6.29 Å². The summed E-state index contributed by atoms with van der Waals surface area (Å²) in [6.07, 6.45) is 1.60. The molecule has 64 heavy (non-hydrogen) atoms. The topological polar surface area (TPSA) is 264 Å². The molecule has 0 saturated carbocycles. The van der Waals surface area contributed by atoms with E-state index in [9.17, 15) is 59.7 Å². The number of cyclic esters (lactones) is 2. The van der Waals surface area contributed by atoms with Gasteiger partial charge in [0, 0.05) is 36.6 Å². The molecule has 0 bridgehead atoms. The van der Waals surface area contributed by atoms with E-state index in [0.29, 0.717) is 23.8 Å². The summed E-state index contributed by atoms with van der Waals surface area (Å²) in [4.78, 5) is 63.2. The first kappa shape index (κ1) is 47.7. The lowest BCUT2D eigenvalue weighted by Gasteiger charge is -2.28. The zero-order chi connectivity index (χ0) is 46.4. The molecule has 6 unspecified atom stereocenters. The highest BCUT2D eigenvalue weighted by Gasteiger charge is 2.36. The minimum Gasteiger partial charge on any atom is -0.506 e. The Morgan fingerprint density at radius 1 is 0.688 bits per heavy atom. The van der Waals surface area contributed by atoms with Crippen molar-refractivity contribution in [2.75, 3.05) is 7.11 Å².